The lowest BCUT2D eigenvalue weighted by atomic mass is 10.1. The summed E-state index contributed by atoms with van der Waals surface area (Å²) in [5, 5.41) is 27.6. The molecule has 1 rings (SSSR count). The SMILES string of the molecule is O=C(O)c1ccc([N+](=O)[O-])cc1C(=O)O.O=S(=O)(O)O. The predicted molar refractivity (Wildman–Crippen MR) is 61.2 cm³/mol. The molecule has 0 aliphatic heterocycles. The summed E-state index contributed by atoms with van der Waals surface area (Å²) in [5.41, 5.74) is -1.54. The third kappa shape index (κ3) is 6.39. The second-order valence-corrected chi connectivity index (χ2v) is 3.94. The summed E-state index contributed by atoms with van der Waals surface area (Å²) in [6, 6.07) is 2.55. The average Bonchev–Trinajstić information content (AvgIpc) is 2.25. The number of benzene rings is 1. The number of hydrogen-bond donors (Lipinski definition) is 4. The fourth-order valence-corrected chi connectivity index (χ4v) is 1.01. The molecular weight excluding hydrogens is 302 g/mol. The van der Waals surface area contributed by atoms with Crippen LogP contribution in [-0.2, 0) is 10.4 Å². The molecule has 20 heavy (non-hydrogen) atoms. The maximum atomic E-state index is 10.6. The highest BCUT2D eigenvalue weighted by Gasteiger charge is 2.19. The Labute approximate surface area is 110 Å². The van der Waals surface area contributed by atoms with Crippen molar-refractivity contribution in [1.29, 1.82) is 0 Å². The first-order valence-corrected chi connectivity index (χ1v) is 5.78. The van der Waals surface area contributed by atoms with Gasteiger partial charge in [0.25, 0.3) is 5.69 Å². The Bertz CT molecular complexity index is 641. The summed E-state index contributed by atoms with van der Waals surface area (Å²) >= 11 is 0. The van der Waals surface area contributed by atoms with Crippen molar-refractivity contribution in [2.24, 2.45) is 0 Å². The standard InChI is InChI=1S/C8H5NO6.H2O4S/c10-7(11)5-2-1-4(9(14)15)3-6(5)8(12)13;1-5(2,3)4/h1-3H,(H,10,11)(H,12,13);(H2,1,2,3,4). The van der Waals surface area contributed by atoms with Gasteiger partial charge in [-0.2, -0.15) is 8.42 Å². The molecule has 0 spiro atoms. The molecule has 0 radical (unpaired) electrons. The van der Waals surface area contributed by atoms with Crippen molar-refractivity contribution < 1.29 is 42.2 Å². The average molecular weight is 309 g/mol. The van der Waals surface area contributed by atoms with Crippen molar-refractivity contribution in [2.75, 3.05) is 0 Å². The summed E-state index contributed by atoms with van der Waals surface area (Å²) in [4.78, 5) is 30.7. The van der Waals surface area contributed by atoms with Crippen LogP contribution in [0.2, 0.25) is 0 Å². The number of carboxylic acid groups (broad SMARTS) is 2. The quantitative estimate of drug-likeness (QED) is 0.343. The molecule has 0 saturated heterocycles. The van der Waals surface area contributed by atoms with Crippen molar-refractivity contribution >= 4 is 28.0 Å². The Morgan fingerprint density at radius 2 is 1.45 bits per heavy atom. The molecule has 110 valence electrons. The molecule has 0 aliphatic carbocycles. The van der Waals surface area contributed by atoms with E-state index in [-0.39, 0.29) is 0 Å². The summed E-state index contributed by atoms with van der Waals surface area (Å²) < 4.78 is 31.6. The Balaban J connectivity index is 0.000000621. The highest BCUT2D eigenvalue weighted by atomic mass is 32.3. The first kappa shape index (κ1) is 17.4. The third-order valence-electron chi connectivity index (χ3n) is 1.67. The van der Waals surface area contributed by atoms with Gasteiger partial charge in [0.2, 0.25) is 0 Å². The van der Waals surface area contributed by atoms with Gasteiger partial charge in [0, 0.05) is 12.1 Å². The van der Waals surface area contributed by atoms with Gasteiger partial charge in [0.05, 0.1) is 16.1 Å². The van der Waals surface area contributed by atoms with Gasteiger partial charge >= 0.3 is 22.3 Å². The molecule has 0 fully saturated rings. The van der Waals surface area contributed by atoms with Gasteiger partial charge in [-0.1, -0.05) is 0 Å². The van der Waals surface area contributed by atoms with Gasteiger partial charge in [-0.05, 0) is 6.07 Å². The summed E-state index contributed by atoms with van der Waals surface area (Å²) in [5.74, 6) is -2.96. The van der Waals surface area contributed by atoms with E-state index in [9.17, 15) is 19.7 Å². The van der Waals surface area contributed by atoms with Gasteiger partial charge in [-0.25, -0.2) is 9.59 Å². The van der Waals surface area contributed by atoms with Gasteiger partial charge in [-0.3, -0.25) is 19.2 Å². The third-order valence-corrected chi connectivity index (χ3v) is 1.67. The Hall–Kier alpha value is -2.57. The molecule has 12 heteroatoms. The molecular formula is C8H7NO10S. The highest BCUT2D eigenvalue weighted by Crippen LogP contribution is 2.17. The molecule has 0 aliphatic rings. The predicted octanol–water partition coefficient (Wildman–Crippen LogP) is 0.338. The molecule has 0 bridgehead atoms. The molecule has 0 amide bonds. The van der Waals surface area contributed by atoms with E-state index in [4.69, 9.17) is 27.7 Å². The highest BCUT2D eigenvalue weighted by molar-refractivity contribution is 7.79. The van der Waals surface area contributed by atoms with E-state index in [2.05, 4.69) is 0 Å². The monoisotopic (exact) mass is 309 g/mol. The van der Waals surface area contributed by atoms with Crippen LogP contribution in [0.3, 0.4) is 0 Å². The topological polar surface area (TPSA) is 192 Å². The minimum absolute atomic E-state index is 0.461. The van der Waals surface area contributed by atoms with Crippen LogP contribution < -0.4 is 0 Å². The number of nitro groups is 1. The molecule has 0 unspecified atom stereocenters. The summed E-state index contributed by atoms with van der Waals surface area (Å²) in [6.07, 6.45) is 0. The van der Waals surface area contributed by atoms with Crippen molar-refractivity contribution in [3.63, 3.8) is 0 Å². The van der Waals surface area contributed by atoms with Crippen molar-refractivity contribution in [3.05, 3.63) is 39.4 Å². The molecule has 0 saturated carbocycles. The lowest BCUT2D eigenvalue weighted by Crippen LogP contribution is -2.08. The van der Waals surface area contributed by atoms with Crippen LogP contribution in [0.25, 0.3) is 0 Å². The molecule has 1 aromatic rings. The first-order valence-electron chi connectivity index (χ1n) is 4.38. The zero-order chi connectivity index (χ0) is 16.1. The fourth-order valence-electron chi connectivity index (χ4n) is 1.01. The van der Waals surface area contributed by atoms with Crippen LogP contribution in [0.15, 0.2) is 18.2 Å². The van der Waals surface area contributed by atoms with Crippen LogP contribution >= 0.6 is 0 Å². The van der Waals surface area contributed by atoms with E-state index < -0.39 is 44.1 Å². The van der Waals surface area contributed by atoms with Crippen LogP contribution in [0, 0.1) is 10.1 Å². The number of non-ortho nitro benzene ring substituents is 1. The number of hydrogen-bond acceptors (Lipinski definition) is 6. The molecule has 0 aromatic heterocycles. The lowest BCUT2D eigenvalue weighted by molar-refractivity contribution is -0.384. The molecule has 4 N–H and O–H groups in total. The second kappa shape index (κ2) is 6.55. The van der Waals surface area contributed by atoms with Crippen LogP contribution in [0.5, 0.6) is 0 Å². The lowest BCUT2D eigenvalue weighted by Gasteiger charge is -2.00. The number of carbonyl (C=O) groups is 2. The van der Waals surface area contributed by atoms with E-state index in [0.29, 0.717) is 6.07 Å². The van der Waals surface area contributed by atoms with Gasteiger partial charge in [-0.15, -0.1) is 0 Å². The summed E-state index contributed by atoms with van der Waals surface area (Å²) in [6.45, 7) is 0. The Morgan fingerprint density at radius 1 is 1.05 bits per heavy atom. The van der Waals surface area contributed by atoms with E-state index in [1.165, 1.54) is 0 Å². The van der Waals surface area contributed by atoms with Crippen molar-refractivity contribution in [2.45, 2.75) is 0 Å². The number of nitrogens with zero attached hydrogens (tertiary/aromatic N) is 1. The van der Waals surface area contributed by atoms with E-state index in [1.54, 1.807) is 0 Å². The first-order chi connectivity index (χ1) is 8.93. The number of nitro benzene ring substituents is 1. The zero-order valence-electron chi connectivity index (χ0n) is 9.33. The summed E-state index contributed by atoms with van der Waals surface area (Å²) in [7, 11) is -4.67. The smallest absolute Gasteiger partial charge is 0.394 e. The Morgan fingerprint density at radius 3 is 1.75 bits per heavy atom. The number of rotatable bonds is 3. The van der Waals surface area contributed by atoms with E-state index in [0.717, 1.165) is 12.1 Å². The van der Waals surface area contributed by atoms with Crippen LogP contribution in [0.1, 0.15) is 20.7 Å². The second-order valence-electron chi connectivity index (χ2n) is 3.05. The largest absolute Gasteiger partial charge is 0.478 e. The van der Waals surface area contributed by atoms with Gasteiger partial charge in [0.1, 0.15) is 0 Å². The van der Waals surface area contributed by atoms with Gasteiger partial charge < -0.3 is 10.2 Å². The maximum absolute atomic E-state index is 10.6. The minimum atomic E-state index is -4.67. The molecule has 0 atom stereocenters. The van der Waals surface area contributed by atoms with Crippen molar-refractivity contribution in [1.82, 2.24) is 0 Å². The minimum Gasteiger partial charge on any atom is -0.478 e. The van der Waals surface area contributed by atoms with Crippen LogP contribution in [0.4, 0.5) is 5.69 Å². The normalized spacial score (nSPS) is 10.1. The number of carboxylic acids is 2. The Kier molecular flexibility index (Phi) is 5.71. The van der Waals surface area contributed by atoms with Gasteiger partial charge in [0.15, 0.2) is 0 Å². The zero-order valence-corrected chi connectivity index (χ0v) is 10.1. The fraction of sp³-hybridized carbons (Fsp3) is 0. The van der Waals surface area contributed by atoms with E-state index in [1.807, 2.05) is 0 Å². The molecule has 0 heterocycles. The molecule has 11 nitrogen and oxygen atoms in total. The molecule has 1 aromatic carbocycles. The maximum Gasteiger partial charge on any atom is 0.394 e. The number of aromatic carboxylic acids is 2. The van der Waals surface area contributed by atoms with E-state index >= 15 is 0 Å². The van der Waals surface area contributed by atoms with Crippen molar-refractivity contribution in [3.8, 4) is 0 Å². The van der Waals surface area contributed by atoms with Crippen LogP contribution in [-0.4, -0.2) is 44.6 Å².